The van der Waals surface area contributed by atoms with Gasteiger partial charge in [-0.1, -0.05) is 12.1 Å². The molecule has 0 unspecified atom stereocenters. The Morgan fingerprint density at radius 3 is 2.50 bits per heavy atom. The molecule has 0 aliphatic carbocycles. The van der Waals surface area contributed by atoms with Gasteiger partial charge in [0.15, 0.2) is 5.75 Å². The van der Waals surface area contributed by atoms with E-state index in [0.717, 1.165) is 0 Å². The van der Waals surface area contributed by atoms with Crippen LogP contribution < -0.4 is 9.47 Å². The van der Waals surface area contributed by atoms with E-state index in [1.54, 1.807) is 24.3 Å². The smallest absolute Gasteiger partial charge is 0.339 e. The number of carboxylic acids is 1. The first kappa shape index (κ1) is 17.2. The highest BCUT2D eigenvalue weighted by molar-refractivity contribution is 6.08. The van der Waals surface area contributed by atoms with Crippen LogP contribution in [0.15, 0.2) is 42.6 Å². The number of rotatable bonds is 5. The number of methoxy groups -OCH3 is 2. The van der Waals surface area contributed by atoms with E-state index in [9.17, 15) is 20.0 Å². The number of hydrogen-bond donors (Lipinski definition) is 1. The first-order valence-corrected chi connectivity index (χ1v) is 7.50. The van der Waals surface area contributed by atoms with E-state index in [4.69, 9.17) is 9.47 Å². The summed E-state index contributed by atoms with van der Waals surface area (Å²) < 4.78 is 10.6. The van der Waals surface area contributed by atoms with Gasteiger partial charge in [0.05, 0.1) is 30.1 Å². The maximum absolute atomic E-state index is 11.5. The van der Waals surface area contributed by atoms with E-state index in [2.05, 4.69) is 4.98 Å². The summed E-state index contributed by atoms with van der Waals surface area (Å²) in [5, 5.41) is 21.3. The minimum atomic E-state index is -1.19. The molecular weight excluding hydrogens is 340 g/mol. The van der Waals surface area contributed by atoms with Gasteiger partial charge in [-0.2, -0.15) is 0 Å². The van der Waals surface area contributed by atoms with E-state index in [0.29, 0.717) is 16.5 Å². The largest absolute Gasteiger partial charge is 0.496 e. The van der Waals surface area contributed by atoms with E-state index in [-0.39, 0.29) is 28.3 Å². The zero-order valence-corrected chi connectivity index (χ0v) is 13.9. The van der Waals surface area contributed by atoms with E-state index in [1.165, 1.54) is 32.5 Å². The van der Waals surface area contributed by atoms with Crippen LogP contribution in [0.4, 0.5) is 5.69 Å². The van der Waals surface area contributed by atoms with E-state index >= 15 is 0 Å². The molecule has 3 rings (SSSR count). The number of carbonyl (C=O) groups is 1. The molecule has 2 aromatic carbocycles. The lowest BCUT2D eigenvalue weighted by atomic mass is 9.97. The molecule has 0 fully saturated rings. The fourth-order valence-corrected chi connectivity index (χ4v) is 2.89. The standard InChI is InChI=1S/C18H14N2O6/c1-25-14-9-12(18(21)22)17(26-2)16-15(14)11(7-8-19-16)10-5-3-4-6-13(10)20(23)24/h3-9H,1-2H3,(H,21,22). The molecule has 8 heteroatoms. The van der Waals surface area contributed by atoms with Gasteiger partial charge in [0.2, 0.25) is 0 Å². The van der Waals surface area contributed by atoms with Gasteiger partial charge in [-0.05, 0) is 18.2 Å². The molecule has 1 N–H and O–H groups in total. The third-order valence-electron chi connectivity index (χ3n) is 3.98. The van der Waals surface area contributed by atoms with Crippen LogP contribution in [-0.4, -0.2) is 35.2 Å². The molecular formula is C18H14N2O6. The monoisotopic (exact) mass is 354 g/mol. The van der Waals surface area contributed by atoms with Crippen LogP contribution in [0.3, 0.4) is 0 Å². The lowest BCUT2D eigenvalue weighted by Gasteiger charge is -2.15. The van der Waals surface area contributed by atoms with Gasteiger partial charge >= 0.3 is 5.97 Å². The SMILES string of the molecule is COc1c(C(=O)O)cc(OC)c2c(-c3ccccc3[N+](=O)[O-])ccnc12. The van der Waals surface area contributed by atoms with E-state index in [1.807, 2.05) is 0 Å². The number of ether oxygens (including phenoxy) is 2. The molecule has 0 bridgehead atoms. The van der Waals surface area contributed by atoms with Gasteiger partial charge in [-0.3, -0.25) is 15.1 Å². The van der Waals surface area contributed by atoms with Gasteiger partial charge < -0.3 is 14.6 Å². The van der Waals surface area contributed by atoms with Crippen molar-refractivity contribution in [2.45, 2.75) is 0 Å². The number of hydrogen-bond acceptors (Lipinski definition) is 6. The van der Waals surface area contributed by atoms with Crippen molar-refractivity contribution >= 4 is 22.6 Å². The van der Waals surface area contributed by atoms with Gasteiger partial charge in [0.1, 0.15) is 16.8 Å². The Balaban J connectivity index is 2.47. The Morgan fingerprint density at radius 1 is 1.15 bits per heavy atom. The molecule has 0 saturated carbocycles. The summed E-state index contributed by atoms with van der Waals surface area (Å²) >= 11 is 0. The molecule has 0 amide bonds. The fraction of sp³-hybridized carbons (Fsp3) is 0.111. The van der Waals surface area contributed by atoms with Crippen molar-refractivity contribution in [3.05, 3.63) is 58.3 Å². The number of fused-ring (bicyclic) bond motifs is 1. The molecule has 26 heavy (non-hydrogen) atoms. The summed E-state index contributed by atoms with van der Waals surface area (Å²) in [5.74, 6) is -0.895. The highest BCUT2D eigenvalue weighted by atomic mass is 16.6. The normalized spacial score (nSPS) is 10.5. The highest BCUT2D eigenvalue weighted by Gasteiger charge is 2.24. The summed E-state index contributed by atoms with van der Waals surface area (Å²) in [6.07, 6.45) is 1.45. The zero-order chi connectivity index (χ0) is 18.8. The van der Waals surface area contributed by atoms with Crippen LogP contribution in [0.2, 0.25) is 0 Å². The van der Waals surface area contributed by atoms with Crippen LogP contribution in [0.5, 0.6) is 11.5 Å². The number of nitrogens with zero attached hydrogens (tertiary/aromatic N) is 2. The molecule has 0 aliphatic rings. The molecule has 132 valence electrons. The Labute approximate surface area is 147 Å². The quantitative estimate of drug-likeness (QED) is 0.551. The number of carboxylic acid groups (broad SMARTS) is 1. The summed E-state index contributed by atoms with van der Waals surface area (Å²) in [7, 11) is 2.73. The van der Waals surface area contributed by atoms with Crippen molar-refractivity contribution < 1.29 is 24.3 Å². The Kier molecular flexibility index (Phi) is 4.40. The number of aromatic nitrogens is 1. The zero-order valence-electron chi connectivity index (χ0n) is 13.9. The molecule has 1 heterocycles. The first-order valence-electron chi connectivity index (χ1n) is 7.50. The molecule has 0 spiro atoms. The van der Waals surface area contributed by atoms with Gasteiger partial charge in [-0.25, -0.2) is 4.79 Å². The molecule has 0 saturated heterocycles. The summed E-state index contributed by atoms with van der Waals surface area (Å²) in [5.41, 5.74) is 0.926. The lowest BCUT2D eigenvalue weighted by molar-refractivity contribution is -0.384. The Morgan fingerprint density at radius 2 is 1.88 bits per heavy atom. The molecule has 0 atom stereocenters. The second kappa shape index (κ2) is 6.67. The minimum Gasteiger partial charge on any atom is -0.496 e. The van der Waals surface area contributed by atoms with Crippen LogP contribution in [0.25, 0.3) is 22.0 Å². The van der Waals surface area contributed by atoms with Gasteiger partial charge in [-0.15, -0.1) is 0 Å². The first-order chi connectivity index (χ1) is 12.5. The molecule has 3 aromatic rings. The number of benzene rings is 2. The molecule has 0 radical (unpaired) electrons. The van der Waals surface area contributed by atoms with Crippen LogP contribution in [-0.2, 0) is 0 Å². The number of aromatic carboxylic acids is 1. The average molecular weight is 354 g/mol. The number of nitro groups is 1. The number of nitro benzene ring substituents is 1. The molecule has 1 aromatic heterocycles. The van der Waals surface area contributed by atoms with E-state index < -0.39 is 10.9 Å². The van der Waals surface area contributed by atoms with Crippen molar-refractivity contribution in [1.29, 1.82) is 0 Å². The maximum Gasteiger partial charge on any atom is 0.339 e. The van der Waals surface area contributed by atoms with Crippen molar-refractivity contribution in [3.8, 4) is 22.6 Å². The topological polar surface area (TPSA) is 112 Å². The summed E-state index contributed by atoms with van der Waals surface area (Å²) in [6.45, 7) is 0. The second-order valence-corrected chi connectivity index (χ2v) is 5.32. The van der Waals surface area contributed by atoms with Crippen molar-refractivity contribution in [2.75, 3.05) is 14.2 Å². The van der Waals surface area contributed by atoms with Crippen molar-refractivity contribution in [2.24, 2.45) is 0 Å². The Bertz CT molecular complexity index is 1030. The second-order valence-electron chi connectivity index (χ2n) is 5.32. The average Bonchev–Trinajstić information content (AvgIpc) is 2.65. The third kappa shape index (κ3) is 2.67. The highest BCUT2D eigenvalue weighted by Crippen LogP contribution is 2.42. The van der Waals surface area contributed by atoms with Crippen LogP contribution in [0.1, 0.15) is 10.4 Å². The van der Waals surface area contributed by atoms with Crippen LogP contribution in [0, 0.1) is 10.1 Å². The molecule has 8 nitrogen and oxygen atoms in total. The predicted molar refractivity (Wildman–Crippen MR) is 93.9 cm³/mol. The molecule has 0 aliphatic heterocycles. The Hall–Kier alpha value is -3.68. The van der Waals surface area contributed by atoms with Crippen molar-refractivity contribution in [3.63, 3.8) is 0 Å². The maximum atomic E-state index is 11.5. The van der Waals surface area contributed by atoms with Crippen LogP contribution >= 0.6 is 0 Å². The van der Waals surface area contributed by atoms with Crippen molar-refractivity contribution in [1.82, 2.24) is 4.98 Å². The minimum absolute atomic E-state index is 0.0636. The number of para-hydroxylation sites is 1. The fourth-order valence-electron chi connectivity index (χ4n) is 2.89. The summed E-state index contributed by atoms with van der Waals surface area (Å²) in [4.78, 5) is 26.7. The summed E-state index contributed by atoms with van der Waals surface area (Å²) in [6, 6.07) is 9.21. The van der Waals surface area contributed by atoms with Gasteiger partial charge in [0.25, 0.3) is 5.69 Å². The lowest BCUT2D eigenvalue weighted by Crippen LogP contribution is -2.04. The third-order valence-corrected chi connectivity index (χ3v) is 3.98. The predicted octanol–water partition coefficient (Wildman–Crippen LogP) is 3.53. The number of pyridine rings is 1. The van der Waals surface area contributed by atoms with Gasteiger partial charge in [0, 0.05) is 17.8 Å².